The molecule has 5 heteroatoms. The molecule has 2 rings (SSSR count). The zero-order chi connectivity index (χ0) is 15.1. The number of hydrogen-bond acceptors (Lipinski definition) is 4. The van der Waals surface area contributed by atoms with E-state index in [1.165, 1.54) is 0 Å². The number of amides is 1. The summed E-state index contributed by atoms with van der Waals surface area (Å²) in [6.45, 7) is 2.38. The van der Waals surface area contributed by atoms with Crippen molar-refractivity contribution in [3.8, 4) is 6.07 Å². The molecule has 0 saturated carbocycles. The fourth-order valence-electron chi connectivity index (χ4n) is 2.52. The van der Waals surface area contributed by atoms with E-state index in [1.807, 2.05) is 6.07 Å². The van der Waals surface area contributed by atoms with Crippen LogP contribution in [0.15, 0.2) is 24.3 Å². The zero-order valence-electron chi connectivity index (χ0n) is 11.9. The van der Waals surface area contributed by atoms with Gasteiger partial charge in [-0.15, -0.1) is 0 Å². The average Bonchev–Trinajstić information content (AvgIpc) is 2.54. The first-order chi connectivity index (χ1) is 10.2. The molecule has 1 aromatic carbocycles. The lowest BCUT2D eigenvalue weighted by atomic mass is 10.00. The highest BCUT2D eigenvalue weighted by molar-refractivity contribution is 5.90. The minimum atomic E-state index is -0.0482. The first-order valence-corrected chi connectivity index (χ1v) is 7.19. The number of rotatable bonds is 5. The smallest absolute Gasteiger partial charge is 0.225 e. The molecule has 0 radical (unpaired) electrons. The summed E-state index contributed by atoms with van der Waals surface area (Å²) in [5.74, 6) is 0.0632. The molecular weight excluding hydrogens is 266 g/mol. The molecular formula is C16H19N3O2. The summed E-state index contributed by atoms with van der Waals surface area (Å²) >= 11 is 0. The fourth-order valence-corrected chi connectivity index (χ4v) is 2.52. The summed E-state index contributed by atoms with van der Waals surface area (Å²) in [7, 11) is 0. The van der Waals surface area contributed by atoms with Crippen LogP contribution in [0.2, 0.25) is 0 Å². The van der Waals surface area contributed by atoms with Crippen molar-refractivity contribution >= 4 is 17.9 Å². The van der Waals surface area contributed by atoms with Crippen LogP contribution in [0, 0.1) is 17.2 Å². The maximum absolute atomic E-state index is 11.9. The summed E-state index contributed by atoms with van der Waals surface area (Å²) in [5.41, 5.74) is 1.27. The number of carbonyl (C=O) groups excluding carboxylic acids is 2. The number of piperidine rings is 1. The van der Waals surface area contributed by atoms with Crippen LogP contribution in [0.1, 0.15) is 24.8 Å². The monoisotopic (exact) mass is 285 g/mol. The molecule has 0 aromatic heterocycles. The number of nitrogens with zero attached hydrogens (tertiary/aromatic N) is 2. The van der Waals surface area contributed by atoms with Crippen LogP contribution in [0.3, 0.4) is 0 Å². The highest BCUT2D eigenvalue weighted by Gasteiger charge is 2.19. The molecule has 1 N–H and O–H groups in total. The Morgan fingerprint density at radius 3 is 2.86 bits per heavy atom. The molecule has 1 atom stereocenters. The summed E-state index contributed by atoms with van der Waals surface area (Å²) in [4.78, 5) is 24.9. The Labute approximate surface area is 124 Å². The standard InChI is InChI=1S/C16H19N3O2/c17-10-13-3-5-15(6-4-13)18-16(21)7-9-19-8-1-2-14(11-19)12-20/h3-6,12,14H,1-2,7-9,11H2,(H,18,21). The second kappa shape index (κ2) is 7.55. The summed E-state index contributed by atoms with van der Waals surface area (Å²) < 4.78 is 0. The molecule has 1 amide bonds. The molecule has 0 bridgehead atoms. The quantitative estimate of drug-likeness (QED) is 0.837. The van der Waals surface area contributed by atoms with Crippen LogP contribution >= 0.6 is 0 Å². The minimum absolute atomic E-state index is 0.0482. The number of hydrogen-bond donors (Lipinski definition) is 1. The lowest BCUT2D eigenvalue weighted by Gasteiger charge is -2.29. The third-order valence-electron chi connectivity index (χ3n) is 3.69. The molecule has 5 nitrogen and oxygen atoms in total. The van der Waals surface area contributed by atoms with E-state index < -0.39 is 0 Å². The Bertz CT molecular complexity index is 533. The van der Waals surface area contributed by atoms with Crippen LogP contribution in [-0.2, 0) is 9.59 Å². The van der Waals surface area contributed by atoms with Gasteiger partial charge in [0.25, 0.3) is 0 Å². The number of nitriles is 1. The van der Waals surface area contributed by atoms with E-state index in [4.69, 9.17) is 5.26 Å². The number of nitrogens with one attached hydrogen (secondary N) is 1. The van der Waals surface area contributed by atoms with Crippen LogP contribution in [0.5, 0.6) is 0 Å². The van der Waals surface area contributed by atoms with Gasteiger partial charge in [0.2, 0.25) is 5.91 Å². The van der Waals surface area contributed by atoms with E-state index in [-0.39, 0.29) is 11.8 Å². The van der Waals surface area contributed by atoms with Crippen molar-refractivity contribution in [3.05, 3.63) is 29.8 Å². The van der Waals surface area contributed by atoms with E-state index in [0.29, 0.717) is 24.2 Å². The fraction of sp³-hybridized carbons (Fsp3) is 0.438. The number of aldehydes is 1. The van der Waals surface area contributed by atoms with Crippen molar-refractivity contribution in [2.75, 3.05) is 25.0 Å². The van der Waals surface area contributed by atoms with Crippen molar-refractivity contribution in [2.45, 2.75) is 19.3 Å². The Hall–Kier alpha value is -2.19. The van der Waals surface area contributed by atoms with Crippen LogP contribution < -0.4 is 5.32 Å². The lowest BCUT2D eigenvalue weighted by molar-refractivity contribution is -0.116. The molecule has 1 aliphatic rings. The predicted molar refractivity (Wildman–Crippen MR) is 79.6 cm³/mol. The van der Waals surface area contributed by atoms with E-state index in [9.17, 15) is 9.59 Å². The van der Waals surface area contributed by atoms with Gasteiger partial charge >= 0.3 is 0 Å². The van der Waals surface area contributed by atoms with Gasteiger partial charge in [0.05, 0.1) is 11.6 Å². The number of anilines is 1. The highest BCUT2D eigenvalue weighted by atomic mass is 16.1. The third-order valence-corrected chi connectivity index (χ3v) is 3.69. The second-order valence-corrected chi connectivity index (χ2v) is 5.33. The molecule has 1 saturated heterocycles. The van der Waals surface area contributed by atoms with Gasteiger partial charge < -0.3 is 15.0 Å². The largest absolute Gasteiger partial charge is 0.326 e. The van der Waals surface area contributed by atoms with Gasteiger partial charge in [-0.3, -0.25) is 4.79 Å². The van der Waals surface area contributed by atoms with Crippen molar-refractivity contribution in [2.24, 2.45) is 5.92 Å². The maximum Gasteiger partial charge on any atom is 0.225 e. The van der Waals surface area contributed by atoms with Gasteiger partial charge in [-0.25, -0.2) is 0 Å². The van der Waals surface area contributed by atoms with Crippen molar-refractivity contribution < 1.29 is 9.59 Å². The first kappa shape index (κ1) is 15.2. The molecule has 0 aliphatic carbocycles. The molecule has 1 unspecified atom stereocenters. The Balaban J connectivity index is 1.76. The molecule has 0 spiro atoms. The number of carbonyl (C=O) groups is 2. The van der Waals surface area contributed by atoms with Crippen LogP contribution in [0.4, 0.5) is 5.69 Å². The highest BCUT2D eigenvalue weighted by Crippen LogP contribution is 2.15. The van der Waals surface area contributed by atoms with E-state index in [1.54, 1.807) is 24.3 Å². The summed E-state index contributed by atoms with van der Waals surface area (Å²) in [5, 5.41) is 11.5. The topological polar surface area (TPSA) is 73.2 Å². The van der Waals surface area contributed by atoms with Crippen molar-refractivity contribution in [1.82, 2.24) is 4.90 Å². The normalized spacial score (nSPS) is 18.7. The van der Waals surface area contributed by atoms with Crippen molar-refractivity contribution in [1.29, 1.82) is 5.26 Å². The first-order valence-electron chi connectivity index (χ1n) is 7.19. The molecule has 1 heterocycles. The van der Waals surface area contributed by atoms with Gasteiger partial charge in [-0.2, -0.15) is 5.26 Å². The van der Waals surface area contributed by atoms with Gasteiger partial charge in [0, 0.05) is 31.1 Å². The predicted octanol–water partition coefficient (Wildman–Crippen LogP) is 1.80. The molecule has 110 valence electrons. The van der Waals surface area contributed by atoms with E-state index in [2.05, 4.69) is 10.2 Å². The van der Waals surface area contributed by atoms with Crippen LogP contribution in [0.25, 0.3) is 0 Å². The van der Waals surface area contributed by atoms with Crippen molar-refractivity contribution in [3.63, 3.8) is 0 Å². The Morgan fingerprint density at radius 1 is 1.43 bits per heavy atom. The maximum atomic E-state index is 11.9. The summed E-state index contributed by atoms with van der Waals surface area (Å²) in [6, 6.07) is 8.83. The Kier molecular flexibility index (Phi) is 5.47. The number of benzene rings is 1. The van der Waals surface area contributed by atoms with E-state index in [0.717, 1.165) is 32.2 Å². The third kappa shape index (κ3) is 4.69. The molecule has 1 fully saturated rings. The Morgan fingerprint density at radius 2 is 2.19 bits per heavy atom. The molecule has 1 aromatic rings. The molecule has 1 aliphatic heterocycles. The van der Waals surface area contributed by atoms with Crippen LogP contribution in [-0.4, -0.2) is 36.7 Å². The van der Waals surface area contributed by atoms with Gasteiger partial charge in [-0.05, 0) is 43.7 Å². The second-order valence-electron chi connectivity index (χ2n) is 5.33. The SMILES string of the molecule is N#Cc1ccc(NC(=O)CCN2CCCC(C=O)C2)cc1. The summed E-state index contributed by atoms with van der Waals surface area (Å²) in [6.07, 6.45) is 3.40. The minimum Gasteiger partial charge on any atom is -0.326 e. The van der Waals surface area contributed by atoms with Gasteiger partial charge in [0.15, 0.2) is 0 Å². The number of likely N-dealkylation sites (tertiary alicyclic amines) is 1. The average molecular weight is 285 g/mol. The van der Waals surface area contributed by atoms with E-state index >= 15 is 0 Å². The van der Waals surface area contributed by atoms with Gasteiger partial charge in [0.1, 0.15) is 6.29 Å². The lowest BCUT2D eigenvalue weighted by Crippen LogP contribution is -2.37. The molecule has 21 heavy (non-hydrogen) atoms. The van der Waals surface area contributed by atoms with Gasteiger partial charge in [-0.1, -0.05) is 0 Å². The zero-order valence-corrected chi connectivity index (χ0v) is 11.9.